The Bertz CT molecular complexity index is 638. The van der Waals surface area contributed by atoms with Gasteiger partial charge >= 0.3 is 0 Å². The van der Waals surface area contributed by atoms with Crippen LogP contribution in [0, 0.1) is 13.8 Å². The first kappa shape index (κ1) is 13.8. The molecule has 4 heteroatoms. The maximum atomic E-state index is 6.20. The van der Waals surface area contributed by atoms with Crippen LogP contribution in [0.1, 0.15) is 16.7 Å². The molecule has 0 atom stereocenters. The highest BCUT2D eigenvalue weighted by atomic mass is 35.5. The van der Waals surface area contributed by atoms with Crippen LogP contribution in [-0.2, 0) is 0 Å². The van der Waals surface area contributed by atoms with Gasteiger partial charge in [-0.15, -0.1) is 0 Å². The fourth-order valence-electron chi connectivity index (χ4n) is 1.91. The smallest absolute Gasteiger partial charge is 0.106 e. The second-order valence-electron chi connectivity index (χ2n) is 4.47. The van der Waals surface area contributed by atoms with Crippen molar-refractivity contribution in [1.29, 1.82) is 0 Å². The number of hydrogen-bond donors (Lipinski definition) is 2. The second kappa shape index (κ2) is 5.59. The summed E-state index contributed by atoms with van der Waals surface area (Å²) >= 11 is 11.3. The van der Waals surface area contributed by atoms with Crippen LogP contribution in [0.3, 0.4) is 0 Å². The molecule has 0 aliphatic heterocycles. The lowest BCUT2D eigenvalue weighted by molar-refractivity contribution is 1.40. The van der Waals surface area contributed by atoms with E-state index in [1.54, 1.807) is 0 Å². The van der Waals surface area contributed by atoms with Gasteiger partial charge in [0.05, 0.1) is 16.4 Å². The number of halogens is 1. The van der Waals surface area contributed by atoms with Crippen LogP contribution in [0.2, 0.25) is 5.02 Å². The fraction of sp³-hybridized carbons (Fsp3) is 0.133. The Balaban J connectivity index is 2.49. The average Bonchev–Trinajstić information content (AvgIpc) is 2.35. The molecule has 0 heterocycles. The molecule has 98 valence electrons. The van der Waals surface area contributed by atoms with E-state index in [-0.39, 0.29) is 0 Å². The molecule has 2 rings (SSSR count). The van der Waals surface area contributed by atoms with Crippen molar-refractivity contribution in [3.8, 4) is 0 Å². The molecule has 0 saturated carbocycles. The summed E-state index contributed by atoms with van der Waals surface area (Å²) in [5, 5.41) is 4.00. The molecule has 0 radical (unpaired) electrons. The van der Waals surface area contributed by atoms with Gasteiger partial charge in [-0.05, 0) is 43.2 Å². The fourth-order valence-corrected chi connectivity index (χ4v) is 2.24. The lowest BCUT2D eigenvalue weighted by Gasteiger charge is -2.15. The number of hydrogen-bond acceptors (Lipinski definition) is 2. The third kappa shape index (κ3) is 3.06. The largest absolute Gasteiger partial charge is 0.389 e. The van der Waals surface area contributed by atoms with Gasteiger partial charge in [0.15, 0.2) is 0 Å². The molecule has 0 unspecified atom stereocenters. The first-order valence-corrected chi connectivity index (χ1v) is 6.70. The summed E-state index contributed by atoms with van der Waals surface area (Å²) in [6.45, 7) is 4.03. The van der Waals surface area contributed by atoms with Crippen molar-refractivity contribution in [2.45, 2.75) is 13.8 Å². The average molecular weight is 291 g/mol. The van der Waals surface area contributed by atoms with Crippen LogP contribution in [0.25, 0.3) is 0 Å². The van der Waals surface area contributed by atoms with E-state index in [9.17, 15) is 0 Å². The normalized spacial score (nSPS) is 10.3. The van der Waals surface area contributed by atoms with Crippen molar-refractivity contribution in [3.63, 3.8) is 0 Å². The number of thiocarbonyl (C=S) groups is 1. The Labute approximate surface area is 123 Å². The Kier molecular flexibility index (Phi) is 4.08. The predicted molar refractivity (Wildman–Crippen MR) is 86.5 cm³/mol. The Morgan fingerprint density at radius 3 is 2.63 bits per heavy atom. The minimum absolute atomic E-state index is 0.370. The first-order chi connectivity index (χ1) is 8.99. The van der Waals surface area contributed by atoms with Crippen molar-refractivity contribution in [2.24, 2.45) is 5.73 Å². The molecule has 0 saturated heterocycles. The maximum absolute atomic E-state index is 6.20. The van der Waals surface area contributed by atoms with Gasteiger partial charge in [-0.2, -0.15) is 0 Å². The van der Waals surface area contributed by atoms with Crippen LogP contribution in [-0.4, -0.2) is 4.99 Å². The molecule has 0 aliphatic rings. The Hall–Kier alpha value is -1.58. The number of para-hydroxylation sites is 1. The molecule has 2 nitrogen and oxygen atoms in total. The Morgan fingerprint density at radius 1 is 1.21 bits per heavy atom. The minimum Gasteiger partial charge on any atom is -0.389 e. The van der Waals surface area contributed by atoms with Crippen molar-refractivity contribution in [1.82, 2.24) is 0 Å². The number of benzene rings is 2. The lowest BCUT2D eigenvalue weighted by Crippen LogP contribution is -2.12. The molecule has 2 aromatic rings. The number of nitrogens with one attached hydrogen (secondary N) is 1. The molecule has 2 aromatic carbocycles. The van der Waals surface area contributed by atoms with Gasteiger partial charge in [0.1, 0.15) is 4.99 Å². The van der Waals surface area contributed by atoms with Crippen LogP contribution in [0.5, 0.6) is 0 Å². The van der Waals surface area contributed by atoms with E-state index in [4.69, 9.17) is 29.6 Å². The summed E-state index contributed by atoms with van der Waals surface area (Å²) in [7, 11) is 0. The maximum Gasteiger partial charge on any atom is 0.106 e. The first-order valence-electron chi connectivity index (χ1n) is 5.91. The molecule has 3 N–H and O–H groups in total. The summed E-state index contributed by atoms with van der Waals surface area (Å²) in [4.78, 5) is 0.370. The molecular weight excluding hydrogens is 276 g/mol. The van der Waals surface area contributed by atoms with Gasteiger partial charge in [0.25, 0.3) is 0 Å². The van der Waals surface area contributed by atoms with E-state index in [0.717, 1.165) is 28.1 Å². The second-order valence-corrected chi connectivity index (χ2v) is 5.32. The molecular formula is C15H15ClN2S. The van der Waals surface area contributed by atoms with Crippen molar-refractivity contribution >= 4 is 40.2 Å². The molecule has 0 fully saturated rings. The van der Waals surface area contributed by atoms with E-state index in [1.807, 2.05) is 50.2 Å². The SMILES string of the molecule is Cc1ccc(Cl)c(Nc2c(C)cccc2C(N)=S)c1. The van der Waals surface area contributed by atoms with E-state index < -0.39 is 0 Å². The summed E-state index contributed by atoms with van der Waals surface area (Å²) < 4.78 is 0. The van der Waals surface area contributed by atoms with E-state index in [1.165, 1.54) is 0 Å². The molecule has 0 aromatic heterocycles. The zero-order valence-corrected chi connectivity index (χ0v) is 12.4. The molecule has 0 bridgehead atoms. The van der Waals surface area contributed by atoms with Crippen LogP contribution < -0.4 is 11.1 Å². The zero-order chi connectivity index (χ0) is 14.0. The topological polar surface area (TPSA) is 38.0 Å². The van der Waals surface area contributed by atoms with E-state index in [2.05, 4.69) is 5.32 Å². The lowest BCUT2D eigenvalue weighted by atomic mass is 10.1. The number of aryl methyl sites for hydroxylation is 2. The number of rotatable bonds is 3. The quantitative estimate of drug-likeness (QED) is 0.826. The summed E-state index contributed by atoms with van der Waals surface area (Å²) in [6.07, 6.45) is 0. The van der Waals surface area contributed by atoms with Crippen LogP contribution >= 0.6 is 23.8 Å². The zero-order valence-electron chi connectivity index (χ0n) is 10.8. The van der Waals surface area contributed by atoms with Gasteiger partial charge in [0, 0.05) is 5.56 Å². The van der Waals surface area contributed by atoms with Gasteiger partial charge in [-0.1, -0.05) is 42.0 Å². The van der Waals surface area contributed by atoms with Crippen LogP contribution in [0.4, 0.5) is 11.4 Å². The molecule has 0 amide bonds. The highest BCUT2D eigenvalue weighted by Gasteiger charge is 2.10. The van der Waals surface area contributed by atoms with Gasteiger partial charge in [0.2, 0.25) is 0 Å². The molecule has 0 spiro atoms. The third-order valence-corrected chi connectivity index (χ3v) is 3.47. The van der Waals surface area contributed by atoms with Crippen molar-refractivity contribution in [2.75, 3.05) is 5.32 Å². The van der Waals surface area contributed by atoms with E-state index >= 15 is 0 Å². The minimum atomic E-state index is 0.370. The number of nitrogens with two attached hydrogens (primary N) is 1. The standard InChI is InChI=1S/C15H15ClN2S/c1-9-6-7-12(16)13(8-9)18-14-10(2)4-3-5-11(14)15(17)19/h3-8,18H,1-2H3,(H2,17,19). The monoisotopic (exact) mass is 290 g/mol. The predicted octanol–water partition coefficient (Wildman–Crippen LogP) is 4.33. The van der Waals surface area contributed by atoms with Crippen LogP contribution in [0.15, 0.2) is 36.4 Å². The highest BCUT2D eigenvalue weighted by Crippen LogP contribution is 2.30. The summed E-state index contributed by atoms with van der Waals surface area (Å²) in [5.41, 5.74) is 10.6. The molecule has 19 heavy (non-hydrogen) atoms. The highest BCUT2D eigenvalue weighted by molar-refractivity contribution is 7.80. The summed E-state index contributed by atoms with van der Waals surface area (Å²) in [6, 6.07) is 11.7. The third-order valence-electron chi connectivity index (χ3n) is 2.92. The van der Waals surface area contributed by atoms with Gasteiger partial charge in [-0.3, -0.25) is 0 Å². The van der Waals surface area contributed by atoms with E-state index in [0.29, 0.717) is 10.0 Å². The van der Waals surface area contributed by atoms with Crippen molar-refractivity contribution in [3.05, 3.63) is 58.1 Å². The summed E-state index contributed by atoms with van der Waals surface area (Å²) in [5.74, 6) is 0. The van der Waals surface area contributed by atoms with Gasteiger partial charge < -0.3 is 11.1 Å². The molecule has 0 aliphatic carbocycles. The van der Waals surface area contributed by atoms with Gasteiger partial charge in [-0.25, -0.2) is 0 Å². The Morgan fingerprint density at radius 2 is 1.95 bits per heavy atom. The number of anilines is 2. The van der Waals surface area contributed by atoms with Crippen molar-refractivity contribution < 1.29 is 0 Å².